The molecule has 1 amide bonds. The maximum absolute atomic E-state index is 12.1. The molecule has 0 atom stereocenters. The average Bonchev–Trinajstić information content (AvgIpc) is 2.87. The van der Waals surface area contributed by atoms with Gasteiger partial charge in [-0.1, -0.05) is 0 Å². The van der Waals surface area contributed by atoms with E-state index in [9.17, 15) is 4.79 Å². The fourth-order valence-corrected chi connectivity index (χ4v) is 1.77. The summed E-state index contributed by atoms with van der Waals surface area (Å²) in [6.45, 7) is 1.21. The van der Waals surface area contributed by atoms with Crippen LogP contribution in [0.2, 0.25) is 0 Å². The van der Waals surface area contributed by atoms with E-state index < -0.39 is 0 Å². The smallest absolute Gasteiger partial charge is 0.272 e. The first-order valence-corrected chi connectivity index (χ1v) is 6.01. The number of hydrogen-bond acceptors (Lipinski definition) is 3. The Morgan fingerprint density at radius 2 is 2.05 bits per heavy atom. The molecule has 19 heavy (non-hydrogen) atoms. The van der Waals surface area contributed by atoms with Gasteiger partial charge >= 0.3 is 0 Å². The van der Waals surface area contributed by atoms with E-state index >= 15 is 0 Å². The first-order valence-electron chi connectivity index (χ1n) is 6.01. The molecule has 0 aliphatic carbocycles. The predicted octanol–water partition coefficient (Wildman–Crippen LogP) is 1.97. The van der Waals surface area contributed by atoms with Crippen LogP contribution >= 0.6 is 0 Å². The van der Waals surface area contributed by atoms with Gasteiger partial charge in [0.25, 0.3) is 5.91 Å². The molecule has 5 nitrogen and oxygen atoms in total. The van der Waals surface area contributed by atoms with Crippen LogP contribution in [0.4, 0.5) is 11.4 Å². The summed E-state index contributed by atoms with van der Waals surface area (Å²) >= 11 is 0. The highest BCUT2D eigenvalue weighted by Gasteiger charge is 2.10. The van der Waals surface area contributed by atoms with Gasteiger partial charge in [0.15, 0.2) is 0 Å². The molecule has 0 saturated carbocycles. The van der Waals surface area contributed by atoms with Crippen LogP contribution in [-0.2, 0) is 11.3 Å². The quantitative estimate of drug-likeness (QED) is 0.806. The highest BCUT2D eigenvalue weighted by Crippen LogP contribution is 2.12. The van der Waals surface area contributed by atoms with E-state index in [0.717, 1.165) is 5.69 Å². The summed E-state index contributed by atoms with van der Waals surface area (Å²) in [5, 5.41) is 2.83. The van der Waals surface area contributed by atoms with E-state index in [1.54, 1.807) is 37.4 Å². The lowest BCUT2D eigenvalue weighted by molar-refractivity contribution is 0.101. The molecule has 0 unspecified atom stereocenters. The maximum atomic E-state index is 12.1. The summed E-state index contributed by atoms with van der Waals surface area (Å²) in [4.78, 5) is 12.1. The van der Waals surface area contributed by atoms with Crippen molar-refractivity contribution in [2.24, 2.45) is 0 Å². The van der Waals surface area contributed by atoms with Gasteiger partial charge in [0, 0.05) is 31.2 Å². The number of nitrogens with two attached hydrogens (primary N) is 1. The van der Waals surface area contributed by atoms with Crippen molar-refractivity contribution in [2.45, 2.75) is 6.54 Å². The first kappa shape index (κ1) is 13.2. The highest BCUT2D eigenvalue weighted by molar-refractivity contribution is 6.03. The van der Waals surface area contributed by atoms with Crippen LogP contribution in [-0.4, -0.2) is 24.2 Å². The topological polar surface area (TPSA) is 69.3 Å². The van der Waals surface area contributed by atoms with Gasteiger partial charge in [0.1, 0.15) is 5.69 Å². The summed E-state index contributed by atoms with van der Waals surface area (Å²) in [6, 6.07) is 10.7. The van der Waals surface area contributed by atoms with Gasteiger partial charge in [-0.25, -0.2) is 0 Å². The Balaban J connectivity index is 2.07. The predicted molar refractivity (Wildman–Crippen MR) is 75.1 cm³/mol. The minimum Gasteiger partial charge on any atom is -0.399 e. The summed E-state index contributed by atoms with van der Waals surface area (Å²) in [7, 11) is 1.64. The molecule has 5 heteroatoms. The number of nitrogens with one attached hydrogen (secondary N) is 1. The number of anilines is 2. The molecular formula is C14H17N3O2. The molecule has 3 N–H and O–H groups in total. The Bertz CT molecular complexity index is 546. The van der Waals surface area contributed by atoms with Crippen molar-refractivity contribution in [3.63, 3.8) is 0 Å². The minimum absolute atomic E-state index is 0.147. The molecule has 0 saturated heterocycles. The normalized spacial score (nSPS) is 10.4. The number of nitrogen functional groups attached to an aromatic ring is 1. The largest absolute Gasteiger partial charge is 0.399 e. The fraction of sp³-hybridized carbons (Fsp3) is 0.214. The lowest BCUT2D eigenvalue weighted by Gasteiger charge is -2.09. The first-order chi connectivity index (χ1) is 9.20. The summed E-state index contributed by atoms with van der Waals surface area (Å²) in [5.41, 5.74) is 7.59. The molecular weight excluding hydrogens is 242 g/mol. The van der Waals surface area contributed by atoms with Crippen LogP contribution in [0.25, 0.3) is 0 Å². The number of carbonyl (C=O) groups is 1. The van der Waals surface area contributed by atoms with E-state index in [2.05, 4.69) is 5.32 Å². The van der Waals surface area contributed by atoms with Crippen LogP contribution < -0.4 is 11.1 Å². The van der Waals surface area contributed by atoms with Crippen molar-refractivity contribution >= 4 is 17.3 Å². The third kappa shape index (κ3) is 3.35. The van der Waals surface area contributed by atoms with Gasteiger partial charge in [0.05, 0.1) is 6.61 Å². The second-order valence-electron chi connectivity index (χ2n) is 4.16. The van der Waals surface area contributed by atoms with Crippen LogP contribution in [0.3, 0.4) is 0 Å². The van der Waals surface area contributed by atoms with Crippen molar-refractivity contribution < 1.29 is 9.53 Å². The van der Waals surface area contributed by atoms with Gasteiger partial charge in [0.2, 0.25) is 0 Å². The third-order valence-corrected chi connectivity index (χ3v) is 2.77. The molecule has 0 aliphatic rings. The minimum atomic E-state index is -0.147. The van der Waals surface area contributed by atoms with Gasteiger partial charge in [-0.15, -0.1) is 0 Å². The van der Waals surface area contributed by atoms with Crippen molar-refractivity contribution in [2.75, 3.05) is 24.8 Å². The zero-order valence-electron chi connectivity index (χ0n) is 10.8. The Morgan fingerprint density at radius 1 is 1.32 bits per heavy atom. The Morgan fingerprint density at radius 3 is 2.74 bits per heavy atom. The van der Waals surface area contributed by atoms with Crippen LogP contribution in [0, 0.1) is 0 Å². The van der Waals surface area contributed by atoms with E-state index in [1.165, 1.54) is 0 Å². The van der Waals surface area contributed by atoms with Crippen LogP contribution in [0.5, 0.6) is 0 Å². The maximum Gasteiger partial charge on any atom is 0.272 e. The van der Waals surface area contributed by atoms with E-state index in [1.807, 2.05) is 16.8 Å². The van der Waals surface area contributed by atoms with E-state index in [-0.39, 0.29) is 5.91 Å². The standard InChI is InChI=1S/C14H17N3O2/c1-19-10-9-17-8-2-3-13(17)14(18)16-12-6-4-11(15)5-7-12/h2-8H,9-10,15H2,1H3,(H,16,18). The lowest BCUT2D eigenvalue weighted by Crippen LogP contribution is -2.18. The lowest BCUT2D eigenvalue weighted by atomic mass is 10.3. The van der Waals surface area contributed by atoms with Crippen molar-refractivity contribution in [1.82, 2.24) is 4.57 Å². The number of methoxy groups -OCH3 is 1. The van der Waals surface area contributed by atoms with Gasteiger partial charge < -0.3 is 20.4 Å². The zero-order chi connectivity index (χ0) is 13.7. The molecule has 2 aromatic rings. The zero-order valence-corrected chi connectivity index (χ0v) is 10.8. The second kappa shape index (κ2) is 6.06. The van der Waals surface area contributed by atoms with Crippen molar-refractivity contribution in [1.29, 1.82) is 0 Å². The second-order valence-corrected chi connectivity index (χ2v) is 4.16. The van der Waals surface area contributed by atoms with Crippen LogP contribution in [0.15, 0.2) is 42.6 Å². The molecule has 0 fully saturated rings. The Hall–Kier alpha value is -2.27. The molecule has 0 bridgehead atoms. The number of hydrogen-bond donors (Lipinski definition) is 2. The van der Waals surface area contributed by atoms with Gasteiger partial charge in [-0.2, -0.15) is 0 Å². The SMILES string of the molecule is COCCn1cccc1C(=O)Nc1ccc(N)cc1. The molecule has 0 radical (unpaired) electrons. The number of aromatic nitrogens is 1. The number of carbonyl (C=O) groups excluding carboxylic acids is 1. The third-order valence-electron chi connectivity index (χ3n) is 2.77. The van der Waals surface area contributed by atoms with Gasteiger partial charge in [-0.05, 0) is 36.4 Å². The molecule has 2 rings (SSSR count). The highest BCUT2D eigenvalue weighted by atomic mass is 16.5. The summed E-state index contributed by atoms with van der Waals surface area (Å²) in [5.74, 6) is -0.147. The molecule has 100 valence electrons. The summed E-state index contributed by atoms with van der Waals surface area (Å²) in [6.07, 6.45) is 1.86. The number of rotatable bonds is 5. The van der Waals surface area contributed by atoms with Crippen molar-refractivity contribution in [3.8, 4) is 0 Å². The van der Waals surface area contributed by atoms with Crippen molar-refractivity contribution in [3.05, 3.63) is 48.3 Å². The van der Waals surface area contributed by atoms with E-state index in [0.29, 0.717) is 24.5 Å². The molecule has 1 heterocycles. The molecule has 0 aliphatic heterocycles. The Labute approximate surface area is 112 Å². The van der Waals surface area contributed by atoms with Crippen LogP contribution in [0.1, 0.15) is 10.5 Å². The fourth-order valence-electron chi connectivity index (χ4n) is 1.77. The average molecular weight is 259 g/mol. The number of benzene rings is 1. The monoisotopic (exact) mass is 259 g/mol. The van der Waals surface area contributed by atoms with E-state index in [4.69, 9.17) is 10.5 Å². The molecule has 1 aromatic heterocycles. The molecule has 0 spiro atoms. The van der Waals surface area contributed by atoms with Gasteiger partial charge in [-0.3, -0.25) is 4.79 Å². The number of amides is 1. The molecule has 1 aromatic carbocycles. The summed E-state index contributed by atoms with van der Waals surface area (Å²) < 4.78 is 6.87. The number of nitrogens with zero attached hydrogens (tertiary/aromatic N) is 1. The Kier molecular flexibility index (Phi) is 4.20. The number of ether oxygens (including phenoxy) is 1.